The van der Waals surface area contributed by atoms with E-state index in [4.69, 9.17) is 0 Å². The van der Waals surface area contributed by atoms with Gasteiger partial charge in [0.05, 0.1) is 5.52 Å². The number of para-hydroxylation sites is 1. The molecule has 0 bridgehead atoms. The third-order valence-electron chi connectivity index (χ3n) is 4.94. The van der Waals surface area contributed by atoms with Crippen LogP contribution in [0.25, 0.3) is 10.9 Å². The van der Waals surface area contributed by atoms with Crippen LogP contribution in [0.5, 0.6) is 0 Å². The summed E-state index contributed by atoms with van der Waals surface area (Å²) in [6.07, 6.45) is 7.23. The van der Waals surface area contributed by atoms with Crippen molar-refractivity contribution in [3.63, 3.8) is 0 Å². The number of unbranched alkanes of at least 4 members (excludes halogenated alkanes) is 1. The SMILES string of the molecule is CCCn1nc(C(=O)NCCCCN2CCCCC2)c2ccccc21. The normalized spacial score (nSPS) is 15.6. The molecule has 5 heteroatoms. The van der Waals surface area contributed by atoms with Gasteiger partial charge in [-0.25, -0.2) is 0 Å². The van der Waals surface area contributed by atoms with Gasteiger partial charge in [0.15, 0.2) is 5.69 Å². The first-order valence-corrected chi connectivity index (χ1v) is 9.75. The maximum atomic E-state index is 12.5. The largest absolute Gasteiger partial charge is 0.351 e. The first-order chi connectivity index (χ1) is 12.3. The molecular formula is C20H30N4O. The number of rotatable bonds is 8. The molecule has 5 nitrogen and oxygen atoms in total. The van der Waals surface area contributed by atoms with E-state index >= 15 is 0 Å². The van der Waals surface area contributed by atoms with E-state index in [1.807, 2.05) is 28.9 Å². The van der Waals surface area contributed by atoms with Crippen LogP contribution in [0.15, 0.2) is 24.3 Å². The van der Waals surface area contributed by atoms with Gasteiger partial charge in [-0.1, -0.05) is 31.5 Å². The molecule has 1 fully saturated rings. The van der Waals surface area contributed by atoms with E-state index in [9.17, 15) is 4.79 Å². The van der Waals surface area contributed by atoms with Crippen LogP contribution < -0.4 is 5.32 Å². The number of likely N-dealkylation sites (tertiary alicyclic amines) is 1. The maximum Gasteiger partial charge on any atom is 0.272 e. The van der Waals surface area contributed by atoms with Crippen LogP contribution in [-0.4, -0.2) is 46.8 Å². The summed E-state index contributed by atoms with van der Waals surface area (Å²) < 4.78 is 1.95. The second kappa shape index (κ2) is 8.99. The van der Waals surface area contributed by atoms with Crippen LogP contribution in [-0.2, 0) is 6.54 Å². The molecule has 2 heterocycles. The summed E-state index contributed by atoms with van der Waals surface area (Å²) >= 11 is 0. The molecule has 1 N–H and O–H groups in total. The molecule has 25 heavy (non-hydrogen) atoms. The highest BCUT2D eigenvalue weighted by molar-refractivity contribution is 6.04. The van der Waals surface area contributed by atoms with E-state index in [1.54, 1.807) is 0 Å². The van der Waals surface area contributed by atoms with Crippen molar-refractivity contribution in [2.75, 3.05) is 26.2 Å². The summed E-state index contributed by atoms with van der Waals surface area (Å²) in [7, 11) is 0. The van der Waals surface area contributed by atoms with Gasteiger partial charge in [0.2, 0.25) is 0 Å². The quantitative estimate of drug-likeness (QED) is 0.748. The number of amides is 1. The van der Waals surface area contributed by atoms with Crippen molar-refractivity contribution in [3.8, 4) is 0 Å². The van der Waals surface area contributed by atoms with Crippen molar-refractivity contribution in [1.29, 1.82) is 0 Å². The number of nitrogens with one attached hydrogen (secondary N) is 1. The third-order valence-corrected chi connectivity index (χ3v) is 4.94. The number of carbonyl (C=O) groups is 1. The minimum absolute atomic E-state index is 0.0518. The van der Waals surface area contributed by atoms with Crippen molar-refractivity contribution >= 4 is 16.8 Å². The Balaban J connectivity index is 1.50. The highest BCUT2D eigenvalue weighted by Gasteiger charge is 2.16. The Bertz CT molecular complexity index is 688. The zero-order valence-corrected chi connectivity index (χ0v) is 15.3. The van der Waals surface area contributed by atoms with Gasteiger partial charge in [0.25, 0.3) is 5.91 Å². The lowest BCUT2D eigenvalue weighted by molar-refractivity contribution is 0.0948. The van der Waals surface area contributed by atoms with Gasteiger partial charge >= 0.3 is 0 Å². The van der Waals surface area contributed by atoms with Gasteiger partial charge in [-0.15, -0.1) is 0 Å². The van der Waals surface area contributed by atoms with Crippen LogP contribution >= 0.6 is 0 Å². The van der Waals surface area contributed by atoms with Gasteiger partial charge in [0, 0.05) is 18.5 Å². The number of hydrogen-bond donors (Lipinski definition) is 1. The molecule has 0 spiro atoms. The minimum Gasteiger partial charge on any atom is -0.351 e. The second-order valence-electron chi connectivity index (χ2n) is 6.95. The second-order valence-corrected chi connectivity index (χ2v) is 6.95. The number of benzene rings is 1. The fourth-order valence-electron chi connectivity index (χ4n) is 3.61. The minimum atomic E-state index is -0.0518. The van der Waals surface area contributed by atoms with E-state index in [0.717, 1.165) is 49.8 Å². The van der Waals surface area contributed by atoms with E-state index < -0.39 is 0 Å². The van der Waals surface area contributed by atoms with Crippen LogP contribution in [0.1, 0.15) is 55.9 Å². The van der Waals surface area contributed by atoms with Gasteiger partial charge in [-0.2, -0.15) is 5.10 Å². The molecule has 1 aromatic heterocycles. The summed E-state index contributed by atoms with van der Waals surface area (Å²) in [6.45, 7) is 7.33. The predicted molar refractivity (Wildman–Crippen MR) is 102 cm³/mol. The molecular weight excluding hydrogens is 312 g/mol. The summed E-state index contributed by atoms with van der Waals surface area (Å²) in [6, 6.07) is 7.99. The number of aryl methyl sites for hydroxylation is 1. The lowest BCUT2D eigenvalue weighted by atomic mass is 10.1. The molecule has 0 atom stereocenters. The van der Waals surface area contributed by atoms with Gasteiger partial charge in [0.1, 0.15) is 0 Å². The van der Waals surface area contributed by atoms with E-state index in [0.29, 0.717) is 5.69 Å². The lowest BCUT2D eigenvalue weighted by Crippen LogP contribution is -2.31. The van der Waals surface area contributed by atoms with Crippen LogP contribution in [0.4, 0.5) is 0 Å². The first kappa shape index (κ1) is 17.9. The Morgan fingerprint density at radius 2 is 1.92 bits per heavy atom. The molecule has 0 radical (unpaired) electrons. The molecule has 1 aromatic carbocycles. The van der Waals surface area contributed by atoms with Crippen molar-refractivity contribution in [2.45, 2.75) is 52.0 Å². The van der Waals surface area contributed by atoms with E-state index in [2.05, 4.69) is 22.2 Å². The lowest BCUT2D eigenvalue weighted by Gasteiger charge is -2.26. The van der Waals surface area contributed by atoms with Crippen LogP contribution in [0.2, 0.25) is 0 Å². The van der Waals surface area contributed by atoms with Gasteiger partial charge in [-0.3, -0.25) is 9.48 Å². The Hall–Kier alpha value is -1.88. The average Bonchev–Trinajstić information content (AvgIpc) is 3.01. The van der Waals surface area contributed by atoms with Crippen LogP contribution in [0.3, 0.4) is 0 Å². The van der Waals surface area contributed by atoms with E-state index in [1.165, 1.54) is 32.4 Å². The zero-order chi connectivity index (χ0) is 17.5. The number of hydrogen-bond acceptors (Lipinski definition) is 3. The number of carbonyl (C=O) groups excluding carboxylic acids is 1. The molecule has 0 unspecified atom stereocenters. The van der Waals surface area contributed by atoms with Gasteiger partial charge < -0.3 is 10.2 Å². The average molecular weight is 342 g/mol. The fourth-order valence-corrected chi connectivity index (χ4v) is 3.61. The maximum absolute atomic E-state index is 12.5. The number of fused-ring (bicyclic) bond motifs is 1. The van der Waals surface area contributed by atoms with E-state index in [-0.39, 0.29) is 5.91 Å². The van der Waals surface area contributed by atoms with Crippen LogP contribution in [0, 0.1) is 0 Å². The number of aromatic nitrogens is 2. The smallest absolute Gasteiger partial charge is 0.272 e. The Morgan fingerprint density at radius 1 is 1.12 bits per heavy atom. The summed E-state index contributed by atoms with van der Waals surface area (Å²) in [4.78, 5) is 15.1. The molecule has 2 aromatic rings. The summed E-state index contributed by atoms with van der Waals surface area (Å²) in [5, 5.41) is 8.54. The first-order valence-electron chi connectivity index (χ1n) is 9.75. The topological polar surface area (TPSA) is 50.2 Å². The fraction of sp³-hybridized carbons (Fsp3) is 0.600. The number of nitrogens with zero attached hydrogens (tertiary/aromatic N) is 3. The monoisotopic (exact) mass is 342 g/mol. The van der Waals surface area contributed by atoms with Crippen molar-refractivity contribution < 1.29 is 4.79 Å². The third kappa shape index (κ3) is 4.60. The Labute approximate surface area is 150 Å². The van der Waals surface area contributed by atoms with Crippen molar-refractivity contribution in [3.05, 3.63) is 30.0 Å². The molecule has 0 saturated carbocycles. The molecule has 1 aliphatic heterocycles. The standard InChI is InChI=1S/C20H30N4O/c1-2-13-24-18-11-5-4-10-17(18)19(22-24)20(25)21-12-6-9-16-23-14-7-3-8-15-23/h4-5,10-11H,2-3,6-9,12-16H2,1H3,(H,21,25). The molecule has 0 aliphatic carbocycles. The molecule has 3 rings (SSSR count). The number of piperidine rings is 1. The predicted octanol–water partition coefficient (Wildman–Crippen LogP) is 3.44. The highest BCUT2D eigenvalue weighted by Crippen LogP contribution is 2.18. The summed E-state index contributed by atoms with van der Waals surface area (Å²) in [5.74, 6) is -0.0518. The molecule has 136 valence electrons. The molecule has 1 aliphatic rings. The van der Waals surface area contributed by atoms with Crippen molar-refractivity contribution in [2.24, 2.45) is 0 Å². The van der Waals surface area contributed by atoms with Crippen molar-refractivity contribution in [1.82, 2.24) is 20.0 Å². The zero-order valence-electron chi connectivity index (χ0n) is 15.3. The molecule has 1 saturated heterocycles. The summed E-state index contributed by atoms with van der Waals surface area (Å²) in [5.41, 5.74) is 1.60. The van der Waals surface area contributed by atoms with Gasteiger partial charge in [-0.05, 0) is 57.8 Å². The molecule has 1 amide bonds. The Kier molecular flexibility index (Phi) is 6.45. The highest BCUT2D eigenvalue weighted by atomic mass is 16.1. The Morgan fingerprint density at radius 3 is 2.72 bits per heavy atom.